The molecule has 0 aliphatic carbocycles. The Morgan fingerprint density at radius 1 is 1.40 bits per heavy atom. The van der Waals surface area contributed by atoms with Crippen molar-refractivity contribution in [3.05, 3.63) is 0 Å². The van der Waals surface area contributed by atoms with E-state index in [1.54, 1.807) is 0 Å². The van der Waals surface area contributed by atoms with E-state index in [0.717, 1.165) is 25.7 Å². The van der Waals surface area contributed by atoms with Crippen molar-refractivity contribution < 1.29 is 4.74 Å². The van der Waals surface area contributed by atoms with Crippen LogP contribution in [0.4, 0.5) is 0 Å². The average Bonchev–Trinajstić information content (AvgIpc) is 2.18. The van der Waals surface area contributed by atoms with Gasteiger partial charge in [0.2, 0.25) is 0 Å². The van der Waals surface area contributed by atoms with Crippen molar-refractivity contribution in [1.29, 1.82) is 0 Å². The number of nitrogens with zero attached hydrogens (tertiary/aromatic N) is 1. The molecule has 90 valence electrons. The fourth-order valence-electron chi connectivity index (χ4n) is 2.12. The second-order valence-electron chi connectivity index (χ2n) is 5.14. The van der Waals surface area contributed by atoms with Gasteiger partial charge in [0.1, 0.15) is 0 Å². The molecular formula is C12H26N2O. The number of nitrogens with one attached hydrogen (secondary N) is 1. The minimum Gasteiger partial charge on any atom is -0.379 e. The first kappa shape index (κ1) is 12.9. The topological polar surface area (TPSA) is 24.5 Å². The van der Waals surface area contributed by atoms with Gasteiger partial charge in [0.15, 0.2) is 0 Å². The first-order chi connectivity index (χ1) is 7.09. The maximum absolute atomic E-state index is 5.46. The first-order valence-corrected chi connectivity index (χ1v) is 6.11. The van der Waals surface area contributed by atoms with E-state index in [1.165, 1.54) is 13.0 Å². The number of hydrogen-bond acceptors (Lipinski definition) is 3. The van der Waals surface area contributed by atoms with E-state index in [1.807, 2.05) is 0 Å². The van der Waals surface area contributed by atoms with Crippen molar-refractivity contribution >= 4 is 0 Å². The van der Waals surface area contributed by atoms with Crippen LogP contribution in [0.15, 0.2) is 0 Å². The van der Waals surface area contributed by atoms with Crippen molar-refractivity contribution in [3.8, 4) is 0 Å². The smallest absolute Gasteiger partial charge is 0.0620 e. The summed E-state index contributed by atoms with van der Waals surface area (Å²) >= 11 is 0. The third kappa shape index (κ3) is 4.96. The van der Waals surface area contributed by atoms with Crippen LogP contribution in [0.1, 0.15) is 27.2 Å². The minimum absolute atomic E-state index is 0.545. The van der Waals surface area contributed by atoms with Gasteiger partial charge in [0, 0.05) is 25.2 Å². The molecule has 3 heteroatoms. The highest BCUT2D eigenvalue weighted by atomic mass is 16.5. The lowest BCUT2D eigenvalue weighted by molar-refractivity contribution is 0.0635. The number of ether oxygens (including phenoxy) is 1. The summed E-state index contributed by atoms with van der Waals surface area (Å²) in [5.41, 5.74) is 0. The Balaban J connectivity index is 2.23. The third-order valence-corrected chi connectivity index (χ3v) is 3.03. The Bertz CT molecular complexity index is 167. The first-order valence-electron chi connectivity index (χ1n) is 6.11. The lowest BCUT2D eigenvalue weighted by Gasteiger charge is -2.31. The second-order valence-corrected chi connectivity index (χ2v) is 5.14. The molecule has 1 rings (SSSR count). The third-order valence-electron chi connectivity index (χ3n) is 3.03. The van der Waals surface area contributed by atoms with Crippen LogP contribution >= 0.6 is 0 Å². The molecule has 0 aromatic carbocycles. The summed E-state index contributed by atoms with van der Waals surface area (Å²) in [6, 6.07) is 1.18. The summed E-state index contributed by atoms with van der Waals surface area (Å²) in [5, 5.41) is 3.51. The predicted octanol–water partition coefficient (Wildman–Crippen LogP) is 1.34. The molecule has 15 heavy (non-hydrogen) atoms. The van der Waals surface area contributed by atoms with Crippen LogP contribution in [0.2, 0.25) is 0 Å². The molecule has 0 bridgehead atoms. The molecule has 1 N–H and O–H groups in total. The standard InChI is InChI=1S/C12H26N2O/c1-10(2)8-14(4)11(3)7-12-9-15-6-5-13-12/h10-13H,5-9H2,1-4H3. The quantitative estimate of drug-likeness (QED) is 0.747. The normalized spacial score (nSPS) is 24.8. The maximum Gasteiger partial charge on any atom is 0.0620 e. The zero-order valence-corrected chi connectivity index (χ0v) is 10.6. The van der Waals surface area contributed by atoms with Crippen LogP contribution in [-0.2, 0) is 4.74 Å². The van der Waals surface area contributed by atoms with Crippen LogP contribution in [0.25, 0.3) is 0 Å². The number of hydrogen-bond donors (Lipinski definition) is 1. The zero-order chi connectivity index (χ0) is 11.3. The Kier molecular flexibility index (Phi) is 5.58. The molecule has 2 atom stereocenters. The molecule has 1 heterocycles. The molecule has 1 aliphatic rings. The highest BCUT2D eigenvalue weighted by Gasteiger charge is 2.18. The Morgan fingerprint density at radius 3 is 2.67 bits per heavy atom. The fraction of sp³-hybridized carbons (Fsp3) is 1.00. The van der Waals surface area contributed by atoms with Gasteiger partial charge < -0.3 is 15.0 Å². The summed E-state index contributed by atoms with van der Waals surface area (Å²) in [7, 11) is 2.22. The summed E-state index contributed by atoms with van der Waals surface area (Å²) < 4.78 is 5.46. The molecule has 0 aromatic heterocycles. The summed E-state index contributed by atoms with van der Waals surface area (Å²) in [4.78, 5) is 2.45. The lowest BCUT2D eigenvalue weighted by atomic mass is 10.1. The van der Waals surface area contributed by atoms with Gasteiger partial charge in [-0.1, -0.05) is 13.8 Å². The fourth-order valence-corrected chi connectivity index (χ4v) is 2.12. The molecule has 3 nitrogen and oxygen atoms in total. The SMILES string of the molecule is CC(C)CN(C)C(C)CC1COCCN1. The van der Waals surface area contributed by atoms with Gasteiger partial charge in [-0.05, 0) is 26.3 Å². The van der Waals surface area contributed by atoms with Crippen molar-refractivity contribution in [2.24, 2.45) is 5.92 Å². The monoisotopic (exact) mass is 214 g/mol. The second kappa shape index (κ2) is 6.46. The molecule has 0 aromatic rings. The van der Waals surface area contributed by atoms with Crippen LogP contribution in [0.5, 0.6) is 0 Å². The molecule has 1 aliphatic heterocycles. The maximum atomic E-state index is 5.46. The van der Waals surface area contributed by atoms with Crippen molar-refractivity contribution in [3.63, 3.8) is 0 Å². The van der Waals surface area contributed by atoms with Crippen molar-refractivity contribution in [1.82, 2.24) is 10.2 Å². The molecule has 1 fully saturated rings. The molecule has 0 radical (unpaired) electrons. The highest BCUT2D eigenvalue weighted by molar-refractivity contribution is 4.76. The van der Waals surface area contributed by atoms with Crippen molar-refractivity contribution in [2.45, 2.75) is 39.3 Å². The van der Waals surface area contributed by atoms with E-state index in [4.69, 9.17) is 4.74 Å². The van der Waals surface area contributed by atoms with Gasteiger partial charge in [0.25, 0.3) is 0 Å². The minimum atomic E-state index is 0.545. The van der Waals surface area contributed by atoms with E-state index in [0.29, 0.717) is 12.1 Å². The predicted molar refractivity (Wildman–Crippen MR) is 64.2 cm³/mol. The van der Waals surface area contributed by atoms with E-state index in [2.05, 4.69) is 38.0 Å². The van der Waals surface area contributed by atoms with E-state index >= 15 is 0 Å². The van der Waals surface area contributed by atoms with E-state index in [9.17, 15) is 0 Å². The Hall–Kier alpha value is -0.120. The molecule has 0 spiro atoms. The van der Waals surface area contributed by atoms with Crippen LogP contribution < -0.4 is 5.32 Å². The van der Waals surface area contributed by atoms with Gasteiger partial charge in [-0.25, -0.2) is 0 Å². The summed E-state index contributed by atoms with van der Waals surface area (Å²) in [6.45, 7) is 10.8. The van der Waals surface area contributed by atoms with Crippen LogP contribution in [0, 0.1) is 5.92 Å². The molecule has 1 saturated heterocycles. The van der Waals surface area contributed by atoms with Gasteiger partial charge in [-0.15, -0.1) is 0 Å². The molecule has 0 amide bonds. The zero-order valence-electron chi connectivity index (χ0n) is 10.6. The van der Waals surface area contributed by atoms with Gasteiger partial charge in [-0.3, -0.25) is 0 Å². The highest BCUT2D eigenvalue weighted by Crippen LogP contribution is 2.09. The van der Waals surface area contributed by atoms with Crippen LogP contribution in [0.3, 0.4) is 0 Å². The Labute approximate surface area is 94.2 Å². The average molecular weight is 214 g/mol. The molecular weight excluding hydrogens is 188 g/mol. The number of morpholine rings is 1. The van der Waals surface area contributed by atoms with Gasteiger partial charge in [-0.2, -0.15) is 0 Å². The lowest BCUT2D eigenvalue weighted by Crippen LogP contribution is -2.45. The molecule has 2 unspecified atom stereocenters. The van der Waals surface area contributed by atoms with E-state index in [-0.39, 0.29) is 0 Å². The van der Waals surface area contributed by atoms with Crippen molar-refractivity contribution in [2.75, 3.05) is 33.4 Å². The largest absolute Gasteiger partial charge is 0.379 e. The van der Waals surface area contributed by atoms with Gasteiger partial charge >= 0.3 is 0 Å². The number of rotatable bonds is 5. The summed E-state index contributed by atoms with van der Waals surface area (Å²) in [5.74, 6) is 0.744. The molecule has 0 saturated carbocycles. The van der Waals surface area contributed by atoms with Crippen LogP contribution in [-0.4, -0.2) is 50.3 Å². The van der Waals surface area contributed by atoms with Gasteiger partial charge in [0.05, 0.1) is 13.2 Å². The summed E-state index contributed by atoms with van der Waals surface area (Å²) in [6.07, 6.45) is 1.18. The Morgan fingerprint density at radius 2 is 2.13 bits per heavy atom. The van der Waals surface area contributed by atoms with E-state index < -0.39 is 0 Å².